The number of hydrogen-bond acceptors (Lipinski definition) is 5. The Morgan fingerprint density at radius 3 is 2.45 bits per heavy atom. The van der Waals surface area contributed by atoms with E-state index in [0.717, 1.165) is 12.8 Å². The molecule has 2 aliphatic carbocycles. The maximum Gasteiger partial charge on any atom is 0.339 e. The van der Waals surface area contributed by atoms with Crippen molar-refractivity contribution >= 4 is 60.7 Å². The van der Waals surface area contributed by atoms with Crippen LogP contribution >= 0.6 is 27.5 Å². The van der Waals surface area contributed by atoms with Gasteiger partial charge < -0.3 is 10.4 Å². The van der Waals surface area contributed by atoms with E-state index >= 15 is 0 Å². The van der Waals surface area contributed by atoms with E-state index in [9.17, 15) is 23.1 Å². The first-order chi connectivity index (χ1) is 15.4. The zero-order valence-corrected chi connectivity index (χ0v) is 21.2. The minimum absolute atomic E-state index is 0.120. The van der Waals surface area contributed by atoms with Crippen molar-refractivity contribution in [1.29, 1.82) is 0 Å². The second-order valence-corrected chi connectivity index (χ2v) is 12.2. The Balaban J connectivity index is 1.66. The number of nitrogens with one attached hydrogen (secondary N) is 2. The van der Waals surface area contributed by atoms with Gasteiger partial charge in [0.05, 0.1) is 10.5 Å². The largest absolute Gasteiger partial charge is 0.478 e. The van der Waals surface area contributed by atoms with Crippen molar-refractivity contribution in [2.24, 2.45) is 16.7 Å². The SMILES string of the molecule is C[C@]12CCC(C(Br)C1=O)[C@]2(C)CNc1cccc(S(=O)(=O)Nc2ccc(Cl)cc2)c1C(=O)O. The molecule has 2 unspecified atom stereocenters. The Labute approximate surface area is 206 Å². The van der Waals surface area contributed by atoms with Crippen LogP contribution in [-0.4, -0.2) is 36.6 Å². The van der Waals surface area contributed by atoms with Gasteiger partial charge in [0, 0.05) is 28.1 Å². The number of aromatic carboxylic acids is 1. The Kier molecular flexibility index (Phi) is 6.04. The molecular formula is C23H24BrClN2O5S. The molecule has 2 bridgehead atoms. The van der Waals surface area contributed by atoms with E-state index in [-0.39, 0.29) is 38.4 Å². The molecule has 2 aromatic carbocycles. The van der Waals surface area contributed by atoms with Crippen LogP contribution in [0.1, 0.15) is 37.0 Å². The molecular weight excluding hydrogens is 532 g/mol. The fourth-order valence-electron chi connectivity index (χ4n) is 5.27. The van der Waals surface area contributed by atoms with Gasteiger partial charge in [-0.1, -0.05) is 47.4 Å². The summed E-state index contributed by atoms with van der Waals surface area (Å²) in [7, 11) is -4.19. The first-order valence-corrected chi connectivity index (χ1v) is 13.3. The van der Waals surface area contributed by atoms with Gasteiger partial charge in [-0.05, 0) is 55.2 Å². The first kappa shape index (κ1) is 24.0. The summed E-state index contributed by atoms with van der Waals surface area (Å²) in [6.07, 6.45) is 1.68. The summed E-state index contributed by atoms with van der Waals surface area (Å²) in [5.74, 6) is -1.07. The van der Waals surface area contributed by atoms with Crippen molar-refractivity contribution in [3.8, 4) is 0 Å². The zero-order chi connectivity index (χ0) is 24.2. The van der Waals surface area contributed by atoms with Gasteiger partial charge in [-0.15, -0.1) is 0 Å². The molecule has 0 spiro atoms. The second kappa shape index (κ2) is 8.29. The van der Waals surface area contributed by atoms with Crippen LogP contribution in [0.3, 0.4) is 0 Å². The molecule has 0 aromatic heterocycles. The maximum atomic E-state index is 13.1. The van der Waals surface area contributed by atoms with Gasteiger partial charge >= 0.3 is 5.97 Å². The number of hydrogen-bond donors (Lipinski definition) is 3. The third-order valence-corrected chi connectivity index (χ3v) is 10.2. The molecule has 2 aromatic rings. The Morgan fingerprint density at radius 2 is 1.88 bits per heavy atom. The van der Waals surface area contributed by atoms with E-state index in [1.54, 1.807) is 6.07 Å². The lowest BCUT2D eigenvalue weighted by atomic mass is 9.69. The third kappa shape index (κ3) is 3.84. The molecule has 3 N–H and O–H groups in total. The van der Waals surface area contributed by atoms with Crippen LogP contribution in [0.2, 0.25) is 5.02 Å². The number of carboxylic acid groups (broad SMARTS) is 1. The van der Waals surface area contributed by atoms with Gasteiger partial charge in [-0.3, -0.25) is 9.52 Å². The second-order valence-electron chi connectivity index (χ2n) is 9.11. The van der Waals surface area contributed by atoms with Crippen molar-refractivity contribution in [2.45, 2.75) is 36.4 Å². The highest BCUT2D eigenvalue weighted by atomic mass is 79.9. The standard InChI is InChI=1S/C23H24BrClN2O5S/c1-22-11-10-15(19(24)20(22)28)23(22,2)12-26-16-4-3-5-17(18(16)21(29)30)33(31,32)27-14-8-6-13(25)7-9-14/h3-9,15,19,26-27H,10-12H2,1-2H3,(H,29,30)/t15?,19?,22-,23-/m0/s1. The number of benzene rings is 2. The van der Waals surface area contributed by atoms with Crippen molar-refractivity contribution in [3.05, 3.63) is 53.1 Å². The number of anilines is 2. The number of carboxylic acids is 1. The highest BCUT2D eigenvalue weighted by Crippen LogP contribution is 2.65. The third-order valence-electron chi connectivity index (χ3n) is 7.45. The number of fused-ring (bicyclic) bond motifs is 2. The van der Waals surface area contributed by atoms with Gasteiger partial charge in [-0.2, -0.15) is 0 Å². The summed E-state index contributed by atoms with van der Waals surface area (Å²) in [5, 5.41) is 13.5. The van der Waals surface area contributed by atoms with Crippen LogP contribution in [0.25, 0.3) is 0 Å². The Morgan fingerprint density at radius 1 is 1.21 bits per heavy atom. The lowest BCUT2D eigenvalue weighted by molar-refractivity contribution is -0.127. The predicted molar refractivity (Wildman–Crippen MR) is 131 cm³/mol. The lowest BCUT2D eigenvalue weighted by Gasteiger charge is -2.37. The van der Waals surface area contributed by atoms with E-state index in [0.29, 0.717) is 11.6 Å². The van der Waals surface area contributed by atoms with Crippen LogP contribution < -0.4 is 10.0 Å². The molecule has 33 heavy (non-hydrogen) atoms. The summed E-state index contributed by atoms with van der Waals surface area (Å²) >= 11 is 9.39. The highest BCUT2D eigenvalue weighted by molar-refractivity contribution is 9.10. The number of ketones is 1. The molecule has 176 valence electrons. The number of halogens is 2. The fourth-order valence-corrected chi connectivity index (χ4v) is 8.03. The fraction of sp³-hybridized carbons (Fsp3) is 0.391. The molecule has 0 amide bonds. The molecule has 0 heterocycles. The Bertz CT molecular complexity index is 1240. The summed E-state index contributed by atoms with van der Waals surface area (Å²) in [6, 6.07) is 10.3. The van der Waals surface area contributed by atoms with Crippen molar-refractivity contribution in [1.82, 2.24) is 0 Å². The molecule has 2 aliphatic rings. The van der Waals surface area contributed by atoms with Crippen LogP contribution in [0.4, 0.5) is 11.4 Å². The molecule has 2 fully saturated rings. The highest BCUT2D eigenvalue weighted by Gasteiger charge is 2.67. The molecule has 0 radical (unpaired) electrons. The summed E-state index contributed by atoms with van der Waals surface area (Å²) in [5.41, 5.74) is -0.818. The summed E-state index contributed by atoms with van der Waals surface area (Å²) < 4.78 is 28.5. The molecule has 10 heteroatoms. The van der Waals surface area contributed by atoms with Gasteiger partial charge in [0.2, 0.25) is 0 Å². The molecule has 4 rings (SSSR count). The molecule has 7 nitrogen and oxygen atoms in total. The zero-order valence-electron chi connectivity index (χ0n) is 18.1. The van der Waals surface area contributed by atoms with Crippen molar-refractivity contribution in [2.75, 3.05) is 16.6 Å². The number of rotatable bonds is 7. The molecule has 4 atom stereocenters. The lowest BCUT2D eigenvalue weighted by Crippen LogP contribution is -2.40. The Hall–Kier alpha value is -2.10. The monoisotopic (exact) mass is 554 g/mol. The van der Waals surface area contributed by atoms with Crippen LogP contribution in [-0.2, 0) is 14.8 Å². The number of carbonyl (C=O) groups is 2. The van der Waals surface area contributed by atoms with E-state index < -0.39 is 26.8 Å². The van der Waals surface area contributed by atoms with Crippen LogP contribution in [0.15, 0.2) is 47.4 Å². The number of sulfonamides is 1. The van der Waals surface area contributed by atoms with Gasteiger partial charge in [-0.25, -0.2) is 13.2 Å². The van der Waals surface area contributed by atoms with Crippen LogP contribution in [0.5, 0.6) is 0 Å². The van der Waals surface area contributed by atoms with E-state index in [2.05, 4.69) is 26.0 Å². The minimum atomic E-state index is -4.19. The minimum Gasteiger partial charge on any atom is -0.478 e. The maximum absolute atomic E-state index is 13.1. The topological polar surface area (TPSA) is 113 Å². The van der Waals surface area contributed by atoms with Crippen molar-refractivity contribution < 1.29 is 23.1 Å². The average molecular weight is 556 g/mol. The normalized spacial score (nSPS) is 28.7. The summed E-state index contributed by atoms with van der Waals surface area (Å²) in [4.78, 5) is 24.4. The van der Waals surface area contributed by atoms with Gasteiger partial charge in [0.1, 0.15) is 10.5 Å². The van der Waals surface area contributed by atoms with Crippen molar-refractivity contribution in [3.63, 3.8) is 0 Å². The smallest absolute Gasteiger partial charge is 0.339 e. The number of alkyl halides is 1. The van der Waals surface area contributed by atoms with E-state index in [4.69, 9.17) is 11.6 Å². The van der Waals surface area contributed by atoms with Gasteiger partial charge in [0.15, 0.2) is 5.78 Å². The predicted octanol–water partition coefficient (Wildman–Crippen LogP) is 5.02. The van der Waals surface area contributed by atoms with E-state index in [1.807, 2.05) is 13.8 Å². The number of carbonyl (C=O) groups excluding carboxylic acids is 1. The van der Waals surface area contributed by atoms with Gasteiger partial charge in [0.25, 0.3) is 10.0 Å². The number of Topliss-reactive ketones (excluding diaryl/α,β-unsaturated/α-hetero) is 1. The quantitative estimate of drug-likeness (QED) is 0.414. The van der Waals surface area contributed by atoms with Crippen LogP contribution in [0, 0.1) is 16.7 Å². The molecule has 0 aliphatic heterocycles. The summed E-state index contributed by atoms with van der Waals surface area (Å²) in [6.45, 7) is 4.35. The average Bonchev–Trinajstić information content (AvgIpc) is 3.10. The molecule has 0 saturated heterocycles. The van der Waals surface area contributed by atoms with E-state index in [1.165, 1.54) is 36.4 Å². The first-order valence-electron chi connectivity index (χ1n) is 10.5. The molecule has 2 saturated carbocycles.